The number of carbonyl (C=O) groups is 1. The van der Waals surface area contributed by atoms with Gasteiger partial charge in [-0.3, -0.25) is 4.79 Å². The molecule has 0 heterocycles. The summed E-state index contributed by atoms with van der Waals surface area (Å²) in [6.45, 7) is 3.43. The van der Waals surface area contributed by atoms with Gasteiger partial charge in [0.25, 0.3) is 0 Å². The Bertz CT molecular complexity index is 428. The third-order valence-corrected chi connectivity index (χ3v) is 2.65. The van der Waals surface area contributed by atoms with Gasteiger partial charge in [0.05, 0.1) is 6.07 Å². The Morgan fingerprint density at radius 1 is 1.44 bits per heavy atom. The van der Waals surface area contributed by atoms with Crippen molar-refractivity contribution in [1.29, 1.82) is 5.26 Å². The Hall–Kier alpha value is -1.88. The summed E-state index contributed by atoms with van der Waals surface area (Å²) in [5.41, 5.74) is 0.241. The number of nitrogens with zero attached hydrogens (tertiary/aromatic N) is 1. The van der Waals surface area contributed by atoms with Crippen molar-refractivity contribution < 1.29 is 4.79 Å². The lowest BCUT2D eigenvalue weighted by atomic mass is 9.79. The fourth-order valence-corrected chi connectivity index (χ4v) is 1.59. The molecule has 1 atom stereocenters. The first-order valence-electron chi connectivity index (χ1n) is 5.31. The molecule has 0 aliphatic rings. The second kappa shape index (κ2) is 5.27. The molecule has 0 aliphatic heterocycles. The lowest BCUT2D eigenvalue weighted by Crippen LogP contribution is -2.20. The average Bonchev–Trinajstić information content (AvgIpc) is 2.32. The zero-order chi connectivity index (χ0) is 12.0. The summed E-state index contributed by atoms with van der Waals surface area (Å²) < 4.78 is 0. The highest BCUT2D eigenvalue weighted by Gasteiger charge is 2.26. The maximum absolute atomic E-state index is 11.0. The van der Waals surface area contributed by atoms with Crippen LogP contribution in [-0.4, -0.2) is 5.78 Å². The normalized spacial score (nSPS) is 14.3. The van der Waals surface area contributed by atoms with Crippen molar-refractivity contribution in [3.63, 3.8) is 0 Å². The Labute approximate surface area is 96.2 Å². The van der Waals surface area contributed by atoms with Gasteiger partial charge in [-0.05, 0) is 25.0 Å². The molecule has 16 heavy (non-hydrogen) atoms. The van der Waals surface area contributed by atoms with Crippen molar-refractivity contribution in [3.05, 3.63) is 48.0 Å². The predicted molar refractivity (Wildman–Crippen MR) is 63.8 cm³/mol. The number of allylic oxidation sites excluding steroid dienone is 2. The molecule has 0 N–H and O–H groups in total. The molecule has 0 fully saturated rings. The van der Waals surface area contributed by atoms with Crippen molar-refractivity contribution in [2.45, 2.75) is 25.7 Å². The van der Waals surface area contributed by atoms with E-state index in [0.717, 1.165) is 5.56 Å². The van der Waals surface area contributed by atoms with Gasteiger partial charge < -0.3 is 0 Å². The van der Waals surface area contributed by atoms with Crippen LogP contribution < -0.4 is 0 Å². The predicted octanol–water partition coefficient (Wildman–Crippen LogP) is 3.00. The maximum Gasteiger partial charge on any atom is 0.152 e. The topological polar surface area (TPSA) is 40.9 Å². The van der Waals surface area contributed by atoms with Crippen LogP contribution in [0.3, 0.4) is 0 Å². The molecule has 0 saturated carbocycles. The molecular formula is C14H15NO. The van der Waals surface area contributed by atoms with E-state index in [-0.39, 0.29) is 5.78 Å². The van der Waals surface area contributed by atoms with Gasteiger partial charge >= 0.3 is 0 Å². The minimum absolute atomic E-state index is 0.0380. The van der Waals surface area contributed by atoms with E-state index in [1.54, 1.807) is 6.08 Å². The van der Waals surface area contributed by atoms with E-state index >= 15 is 0 Å². The molecule has 1 unspecified atom stereocenters. The average molecular weight is 213 g/mol. The van der Waals surface area contributed by atoms with Gasteiger partial charge in [-0.2, -0.15) is 5.26 Å². The van der Waals surface area contributed by atoms with Crippen LogP contribution in [0.4, 0.5) is 0 Å². The highest BCUT2D eigenvalue weighted by atomic mass is 16.1. The molecule has 0 spiro atoms. The third kappa shape index (κ3) is 2.58. The number of ketones is 1. The molecule has 0 aliphatic carbocycles. The van der Waals surface area contributed by atoms with Crippen molar-refractivity contribution in [1.82, 2.24) is 0 Å². The molecule has 1 rings (SSSR count). The van der Waals surface area contributed by atoms with E-state index < -0.39 is 5.41 Å². The summed E-state index contributed by atoms with van der Waals surface area (Å²) in [7, 11) is 0. The fraction of sp³-hybridized carbons (Fsp3) is 0.286. The SMILES string of the molecule is CCC(C#N)(C=CC(C)=O)c1ccccc1. The van der Waals surface area contributed by atoms with E-state index in [0.29, 0.717) is 6.42 Å². The summed E-state index contributed by atoms with van der Waals surface area (Å²) in [6, 6.07) is 11.8. The summed E-state index contributed by atoms with van der Waals surface area (Å²) in [6.07, 6.45) is 3.82. The van der Waals surface area contributed by atoms with Gasteiger partial charge in [0.1, 0.15) is 5.41 Å². The van der Waals surface area contributed by atoms with Crippen molar-refractivity contribution >= 4 is 5.78 Å². The summed E-state index contributed by atoms with van der Waals surface area (Å²) in [4.78, 5) is 11.0. The van der Waals surface area contributed by atoms with Crippen LogP contribution in [0.2, 0.25) is 0 Å². The van der Waals surface area contributed by atoms with Crippen LogP contribution >= 0.6 is 0 Å². The summed E-state index contributed by atoms with van der Waals surface area (Å²) >= 11 is 0. The van der Waals surface area contributed by atoms with Gasteiger partial charge in [0.15, 0.2) is 5.78 Å². The van der Waals surface area contributed by atoms with Crippen LogP contribution in [0.5, 0.6) is 0 Å². The lowest BCUT2D eigenvalue weighted by molar-refractivity contribution is -0.112. The standard InChI is InChI=1S/C14H15NO/c1-3-14(11-15,10-9-12(2)16)13-7-5-4-6-8-13/h4-10H,3H2,1-2H3. The van der Waals surface area contributed by atoms with Crippen LogP contribution in [0, 0.1) is 11.3 Å². The first-order chi connectivity index (χ1) is 7.64. The number of carbonyl (C=O) groups excluding carboxylic acids is 1. The first-order valence-corrected chi connectivity index (χ1v) is 5.31. The van der Waals surface area contributed by atoms with Gasteiger partial charge in [0.2, 0.25) is 0 Å². The molecule has 2 heteroatoms. The number of hydrogen-bond acceptors (Lipinski definition) is 2. The van der Waals surface area contributed by atoms with Crippen LogP contribution in [0.15, 0.2) is 42.5 Å². The molecule has 0 amide bonds. The molecule has 0 bridgehead atoms. The number of hydrogen-bond donors (Lipinski definition) is 0. The number of nitriles is 1. The third-order valence-electron chi connectivity index (χ3n) is 2.65. The van der Waals surface area contributed by atoms with E-state index in [1.807, 2.05) is 37.3 Å². The number of rotatable bonds is 4. The van der Waals surface area contributed by atoms with Crippen molar-refractivity contribution in [2.75, 3.05) is 0 Å². The lowest BCUT2D eigenvalue weighted by Gasteiger charge is -2.21. The Balaban J connectivity index is 3.18. The van der Waals surface area contributed by atoms with Crippen LogP contribution in [0.25, 0.3) is 0 Å². The molecule has 0 aromatic heterocycles. The molecule has 0 saturated heterocycles. The van der Waals surface area contributed by atoms with E-state index in [4.69, 9.17) is 0 Å². The van der Waals surface area contributed by atoms with E-state index in [9.17, 15) is 10.1 Å². The fourth-order valence-electron chi connectivity index (χ4n) is 1.59. The Kier molecular flexibility index (Phi) is 4.02. The van der Waals surface area contributed by atoms with Crippen LogP contribution in [-0.2, 0) is 10.2 Å². The van der Waals surface area contributed by atoms with Gasteiger partial charge in [-0.15, -0.1) is 0 Å². The van der Waals surface area contributed by atoms with Gasteiger partial charge in [-0.1, -0.05) is 43.3 Å². The molecule has 82 valence electrons. The monoisotopic (exact) mass is 213 g/mol. The number of benzene rings is 1. The molecule has 2 nitrogen and oxygen atoms in total. The highest BCUT2D eigenvalue weighted by Crippen LogP contribution is 2.28. The Morgan fingerprint density at radius 3 is 2.50 bits per heavy atom. The maximum atomic E-state index is 11.0. The van der Waals surface area contributed by atoms with Crippen LogP contribution in [0.1, 0.15) is 25.8 Å². The summed E-state index contributed by atoms with van der Waals surface area (Å²) in [5.74, 6) is -0.0380. The first kappa shape index (κ1) is 12.2. The minimum atomic E-state index is -0.688. The second-order valence-corrected chi connectivity index (χ2v) is 3.75. The zero-order valence-electron chi connectivity index (χ0n) is 9.60. The minimum Gasteiger partial charge on any atom is -0.295 e. The molecular weight excluding hydrogens is 198 g/mol. The Morgan fingerprint density at radius 2 is 2.06 bits per heavy atom. The van der Waals surface area contributed by atoms with E-state index in [1.165, 1.54) is 13.0 Å². The zero-order valence-corrected chi connectivity index (χ0v) is 9.60. The van der Waals surface area contributed by atoms with Crippen molar-refractivity contribution in [3.8, 4) is 6.07 Å². The summed E-state index contributed by atoms with van der Waals surface area (Å²) in [5, 5.41) is 9.33. The van der Waals surface area contributed by atoms with Crippen molar-refractivity contribution in [2.24, 2.45) is 0 Å². The highest BCUT2D eigenvalue weighted by molar-refractivity contribution is 5.87. The second-order valence-electron chi connectivity index (χ2n) is 3.75. The quantitative estimate of drug-likeness (QED) is 0.721. The largest absolute Gasteiger partial charge is 0.295 e. The van der Waals surface area contributed by atoms with Gasteiger partial charge in [-0.25, -0.2) is 0 Å². The molecule has 1 aromatic rings. The molecule has 0 radical (unpaired) electrons. The van der Waals surface area contributed by atoms with E-state index in [2.05, 4.69) is 6.07 Å². The molecule has 1 aromatic carbocycles. The van der Waals surface area contributed by atoms with Gasteiger partial charge in [0, 0.05) is 0 Å². The smallest absolute Gasteiger partial charge is 0.152 e.